The molecule has 1 amide bonds. The van der Waals surface area contributed by atoms with E-state index in [1.165, 1.54) is 28.7 Å². The van der Waals surface area contributed by atoms with Crippen LogP contribution in [0.2, 0.25) is 0 Å². The van der Waals surface area contributed by atoms with Crippen molar-refractivity contribution in [3.63, 3.8) is 0 Å². The number of thiazole rings is 1. The number of anilines is 1. The Morgan fingerprint density at radius 1 is 1.15 bits per heavy atom. The Morgan fingerprint density at radius 3 is 2.56 bits per heavy atom. The van der Waals surface area contributed by atoms with Crippen molar-refractivity contribution >= 4 is 34.9 Å². The lowest BCUT2D eigenvalue weighted by Gasteiger charge is -2.21. The van der Waals surface area contributed by atoms with Crippen molar-refractivity contribution in [1.29, 1.82) is 0 Å². The highest BCUT2D eigenvalue weighted by atomic mass is 32.1. The summed E-state index contributed by atoms with van der Waals surface area (Å²) in [6.07, 6.45) is 0. The lowest BCUT2D eigenvalue weighted by Crippen LogP contribution is -2.39. The van der Waals surface area contributed by atoms with E-state index in [4.69, 9.17) is 14.2 Å². The topological polar surface area (TPSA) is 95.0 Å². The van der Waals surface area contributed by atoms with Gasteiger partial charge < -0.3 is 14.2 Å². The number of ether oxygens (including phenoxy) is 3. The lowest BCUT2D eigenvalue weighted by molar-refractivity contribution is -0.142. The van der Waals surface area contributed by atoms with Gasteiger partial charge in [-0.25, -0.2) is 9.78 Å². The van der Waals surface area contributed by atoms with Gasteiger partial charge in [0.05, 0.1) is 13.2 Å². The Balaban J connectivity index is 2.01. The lowest BCUT2D eigenvalue weighted by atomic mass is 10.3. The van der Waals surface area contributed by atoms with Gasteiger partial charge in [0.1, 0.15) is 11.6 Å². The molecule has 0 fully saturated rings. The molecular formula is C18H20N2O6S. The fourth-order valence-corrected chi connectivity index (χ4v) is 2.87. The van der Waals surface area contributed by atoms with Gasteiger partial charge in [-0.05, 0) is 19.1 Å². The van der Waals surface area contributed by atoms with Gasteiger partial charge in [-0.3, -0.25) is 14.5 Å². The average Bonchev–Trinajstić information content (AvgIpc) is 3.14. The minimum atomic E-state index is -0.717. The van der Waals surface area contributed by atoms with E-state index in [-0.39, 0.29) is 25.5 Å². The van der Waals surface area contributed by atoms with E-state index < -0.39 is 24.5 Å². The van der Waals surface area contributed by atoms with Gasteiger partial charge in [-0.15, -0.1) is 11.3 Å². The fraction of sp³-hybridized carbons (Fsp3) is 0.333. The highest BCUT2D eigenvalue weighted by Gasteiger charge is 2.22. The fourth-order valence-electron chi connectivity index (χ4n) is 2.14. The first-order valence-electron chi connectivity index (χ1n) is 8.16. The molecule has 0 saturated heterocycles. The molecular weight excluding hydrogens is 372 g/mol. The van der Waals surface area contributed by atoms with E-state index in [1.807, 2.05) is 0 Å². The largest absolute Gasteiger partial charge is 0.465 e. The molecule has 0 unspecified atom stereocenters. The van der Waals surface area contributed by atoms with Gasteiger partial charge in [-0.1, -0.05) is 18.2 Å². The molecule has 9 heteroatoms. The maximum absolute atomic E-state index is 12.5. The number of esters is 2. The number of nitrogens with zero attached hydrogens (tertiary/aromatic N) is 2. The zero-order chi connectivity index (χ0) is 19.6. The third-order valence-electron chi connectivity index (χ3n) is 3.32. The molecule has 0 atom stereocenters. The number of carbonyl (C=O) groups excluding carboxylic acids is 3. The summed E-state index contributed by atoms with van der Waals surface area (Å²) in [4.78, 5) is 41.7. The number of carbonyl (C=O) groups is 3. The van der Waals surface area contributed by atoms with Crippen molar-refractivity contribution < 1.29 is 28.6 Å². The van der Waals surface area contributed by atoms with Gasteiger partial charge in [0.15, 0.2) is 12.3 Å². The summed E-state index contributed by atoms with van der Waals surface area (Å²) in [5.41, 5.74) is 0.610. The third kappa shape index (κ3) is 6.15. The second-order valence-electron chi connectivity index (χ2n) is 5.26. The number of para-hydroxylation sites is 1. The summed E-state index contributed by atoms with van der Waals surface area (Å²) in [5.74, 6) is -1.81. The number of amides is 1. The van der Waals surface area contributed by atoms with Gasteiger partial charge in [-0.2, -0.15) is 0 Å². The summed E-state index contributed by atoms with van der Waals surface area (Å²) in [5, 5.41) is 2.17. The van der Waals surface area contributed by atoms with Crippen molar-refractivity contribution in [3.05, 3.63) is 46.4 Å². The quantitative estimate of drug-likeness (QED) is 0.603. The molecule has 0 aliphatic rings. The summed E-state index contributed by atoms with van der Waals surface area (Å²) in [7, 11) is 1.53. The highest BCUT2D eigenvalue weighted by molar-refractivity contribution is 7.09. The first kappa shape index (κ1) is 20.5. The number of methoxy groups -OCH3 is 1. The highest BCUT2D eigenvalue weighted by Crippen LogP contribution is 2.15. The van der Waals surface area contributed by atoms with E-state index in [0.29, 0.717) is 10.7 Å². The zero-order valence-electron chi connectivity index (χ0n) is 15.0. The van der Waals surface area contributed by atoms with Gasteiger partial charge in [0.25, 0.3) is 5.91 Å². The zero-order valence-corrected chi connectivity index (χ0v) is 15.9. The van der Waals surface area contributed by atoms with Crippen molar-refractivity contribution in [2.75, 3.05) is 31.8 Å². The van der Waals surface area contributed by atoms with Crippen LogP contribution in [-0.2, 0) is 30.4 Å². The van der Waals surface area contributed by atoms with Crippen LogP contribution in [0.3, 0.4) is 0 Å². The normalized spacial score (nSPS) is 10.3. The Labute approximate surface area is 160 Å². The minimum Gasteiger partial charge on any atom is -0.465 e. The maximum atomic E-state index is 12.5. The smallest absolute Gasteiger partial charge is 0.358 e. The van der Waals surface area contributed by atoms with Crippen molar-refractivity contribution in [1.82, 2.24) is 4.98 Å². The van der Waals surface area contributed by atoms with E-state index in [9.17, 15) is 14.4 Å². The van der Waals surface area contributed by atoms with Crippen LogP contribution >= 0.6 is 11.3 Å². The van der Waals surface area contributed by atoms with Crippen LogP contribution in [0.4, 0.5) is 5.69 Å². The summed E-state index contributed by atoms with van der Waals surface area (Å²) in [6, 6.07) is 8.61. The van der Waals surface area contributed by atoms with E-state index in [0.717, 1.165) is 0 Å². The Hall–Kier alpha value is -2.78. The van der Waals surface area contributed by atoms with E-state index in [1.54, 1.807) is 37.3 Å². The molecule has 0 saturated carbocycles. The Kier molecular flexibility index (Phi) is 7.90. The molecule has 0 bridgehead atoms. The van der Waals surface area contributed by atoms with Crippen LogP contribution in [0, 0.1) is 0 Å². The standard InChI is InChI=1S/C18H20N2O6S/c1-3-25-17(22)9-20(13-7-5-4-6-8-13)16(21)11-26-18(23)14-12-27-15(19-14)10-24-2/h4-8,12H,3,9-11H2,1-2H3. The van der Waals surface area contributed by atoms with Crippen LogP contribution in [0.25, 0.3) is 0 Å². The van der Waals surface area contributed by atoms with Crippen molar-refractivity contribution in [3.8, 4) is 0 Å². The monoisotopic (exact) mass is 392 g/mol. The molecule has 1 aromatic heterocycles. The molecule has 144 valence electrons. The number of hydrogen-bond donors (Lipinski definition) is 0. The van der Waals surface area contributed by atoms with Crippen LogP contribution < -0.4 is 4.90 Å². The molecule has 8 nitrogen and oxygen atoms in total. The molecule has 0 radical (unpaired) electrons. The Bertz CT molecular complexity index is 777. The number of aromatic nitrogens is 1. The van der Waals surface area contributed by atoms with E-state index in [2.05, 4.69) is 4.98 Å². The van der Waals surface area contributed by atoms with Gasteiger partial charge in [0, 0.05) is 18.2 Å². The number of rotatable bonds is 9. The molecule has 0 aliphatic carbocycles. The van der Waals surface area contributed by atoms with Crippen LogP contribution in [0.5, 0.6) is 0 Å². The van der Waals surface area contributed by atoms with Gasteiger partial charge in [0.2, 0.25) is 0 Å². The predicted molar refractivity (Wildman–Crippen MR) is 98.5 cm³/mol. The molecule has 0 spiro atoms. The van der Waals surface area contributed by atoms with Crippen LogP contribution in [0.15, 0.2) is 35.7 Å². The number of hydrogen-bond acceptors (Lipinski definition) is 8. The summed E-state index contributed by atoms with van der Waals surface area (Å²) < 4.78 is 14.9. The predicted octanol–water partition coefficient (Wildman–Crippen LogP) is 2.04. The maximum Gasteiger partial charge on any atom is 0.358 e. The molecule has 2 aromatic rings. The molecule has 27 heavy (non-hydrogen) atoms. The van der Waals surface area contributed by atoms with Gasteiger partial charge >= 0.3 is 11.9 Å². The molecule has 1 aromatic carbocycles. The summed E-state index contributed by atoms with van der Waals surface area (Å²) >= 11 is 1.26. The molecule has 2 rings (SSSR count). The summed E-state index contributed by atoms with van der Waals surface area (Å²) in [6.45, 7) is 1.38. The van der Waals surface area contributed by atoms with Crippen LogP contribution in [-0.4, -0.2) is 49.7 Å². The van der Waals surface area contributed by atoms with Crippen molar-refractivity contribution in [2.45, 2.75) is 13.5 Å². The second-order valence-corrected chi connectivity index (χ2v) is 6.20. The van der Waals surface area contributed by atoms with E-state index >= 15 is 0 Å². The first-order chi connectivity index (χ1) is 13.0. The second kappa shape index (κ2) is 10.4. The Morgan fingerprint density at radius 2 is 1.89 bits per heavy atom. The van der Waals surface area contributed by atoms with Crippen LogP contribution in [0.1, 0.15) is 22.4 Å². The third-order valence-corrected chi connectivity index (χ3v) is 4.14. The molecule has 0 aliphatic heterocycles. The average molecular weight is 392 g/mol. The number of benzene rings is 1. The first-order valence-corrected chi connectivity index (χ1v) is 9.04. The minimum absolute atomic E-state index is 0.108. The molecule has 0 N–H and O–H groups in total. The SMILES string of the molecule is CCOC(=O)CN(C(=O)COC(=O)c1csc(COC)n1)c1ccccc1. The molecule has 1 heterocycles. The van der Waals surface area contributed by atoms with Crippen molar-refractivity contribution in [2.24, 2.45) is 0 Å².